The molecule has 1 fully saturated rings. The summed E-state index contributed by atoms with van der Waals surface area (Å²) in [4.78, 5) is 4.66. The quantitative estimate of drug-likeness (QED) is 0.934. The number of fused-ring (bicyclic) bond motifs is 1. The maximum atomic E-state index is 5.90. The van der Waals surface area contributed by atoms with E-state index >= 15 is 0 Å². The number of thiazole rings is 1. The molecule has 1 aromatic heterocycles. The summed E-state index contributed by atoms with van der Waals surface area (Å²) in [5.74, 6) is 0.900. The van der Waals surface area contributed by atoms with Crippen molar-refractivity contribution in [1.29, 1.82) is 0 Å². The number of hydrogen-bond donors (Lipinski definition) is 1. The Hall–Kier alpha value is -1.17. The predicted molar refractivity (Wildman–Crippen MR) is 76.7 cm³/mol. The van der Waals surface area contributed by atoms with Crippen LogP contribution in [0.3, 0.4) is 0 Å². The largest absolute Gasteiger partial charge is 0.494 e. The van der Waals surface area contributed by atoms with Crippen LogP contribution in [0.25, 0.3) is 10.2 Å². The maximum Gasteiger partial charge on any atom is 0.123 e. The Morgan fingerprint density at radius 3 is 3.11 bits per heavy atom. The van der Waals surface area contributed by atoms with Crippen molar-refractivity contribution in [2.75, 3.05) is 13.2 Å². The van der Waals surface area contributed by atoms with Crippen LogP contribution in [0.15, 0.2) is 18.2 Å². The second kappa shape index (κ2) is 5.45. The predicted octanol–water partition coefficient (Wildman–Crippen LogP) is 2.87. The molecule has 2 atom stereocenters. The molecular weight excluding hydrogens is 260 g/mol. The van der Waals surface area contributed by atoms with Crippen LogP contribution in [0.4, 0.5) is 0 Å². The minimum absolute atomic E-state index is 0.112. The van der Waals surface area contributed by atoms with Crippen molar-refractivity contribution in [2.45, 2.75) is 32.0 Å². The topological polar surface area (TPSA) is 57.4 Å². The zero-order valence-corrected chi connectivity index (χ0v) is 11.8. The van der Waals surface area contributed by atoms with Crippen LogP contribution >= 0.6 is 11.3 Å². The highest BCUT2D eigenvalue weighted by atomic mass is 32.1. The lowest BCUT2D eigenvalue weighted by atomic mass is 10.2. The third-order valence-corrected chi connectivity index (χ3v) is 4.44. The summed E-state index contributed by atoms with van der Waals surface area (Å²) >= 11 is 1.69. The van der Waals surface area contributed by atoms with Gasteiger partial charge >= 0.3 is 0 Å². The summed E-state index contributed by atoms with van der Waals surface area (Å²) in [6, 6.07) is 6.03. The van der Waals surface area contributed by atoms with E-state index in [9.17, 15) is 0 Å². The molecular formula is C14H18N2O2S. The number of nitrogens with zero attached hydrogens (tertiary/aromatic N) is 1. The second-order valence-corrected chi connectivity index (χ2v) is 5.74. The summed E-state index contributed by atoms with van der Waals surface area (Å²) in [6.45, 7) is 3.26. The van der Waals surface area contributed by atoms with Gasteiger partial charge in [0.05, 0.1) is 22.9 Å². The SMILES string of the molecule is CCOc1ccc2nc(C3CCC(CN)O3)sc2c1. The van der Waals surface area contributed by atoms with Gasteiger partial charge in [-0.1, -0.05) is 0 Å². The molecule has 0 saturated carbocycles. The molecule has 0 aliphatic carbocycles. The van der Waals surface area contributed by atoms with Crippen molar-refractivity contribution in [3.63, 3.8) is 0 Å². The van der Waals surface area contributed by atoms with Crippen LogP contribution in [-0.4, -0.2) is 24.2 Å². The molecule has 2 heterocycles. The normalized spacial score (nSPS) is 23.1. The molecule has 2 N–H and O–H groups in total. The van der Waals surface area contributed by atoms with Gasteiger partial charge in [0.2, 0.25) is 0 Å². The first-order chi connectivity index (χ1) is 9.30. The summed E-state index contributed by atoms with van der Waals surface area (Å²) in [6.07, 6.45) is 2.35. The maximum absolute atomic E-state index is 5.90. The zero-order chi connectivity index (χ0) is 13.2. The van der Waals surface area contributed by atoms with Crippen molar-refractivity contribution in [3.05, 3.63) is 23.2 Å². The fraction of sp³-hybridized carbons (Fsp3) is 0.500. The first-order valence-corrected chi connectivity index (χ1v) is 7.50. The lowest BCUT2D eigenvalue weighted by molar-refractivity contribution is 0.0498. The van der Waals surface area contributed by atoms with Gasteiger partial charge in [0.1, 0.15) is 16.9 Å². The Balaban J connectivity index is 1.85. The average molecular weight is 278 g/mol. The van der Waals surface area contributed by atoms with Gasteiger partial charge in [-0.05, 0) is 38.0 Å². The summed E-state index contributed by atoms with van der Waals surface area (Å²) in [7, 11) is 0. The van der Waals surface area contributed by atoms with Crippen LogP contribution in [0.1, 0.15) is 30.9 Å². The van der Waals surface area contributed by atoms with Crippen LogP contribution < -0.4 is 10.5 Å². The number of benzene rings is 1. The first-order valence-electron chi connectivity index (χ1n) is 6.69. The highest BCUT2D eigenvalue weighted by Gasteiger charge is 2.27. The van der Waals surface area contributed by atoms with E-state index < -0.39 is 0 Å². The van der Waals surface area contributed by atoms with Crippen molar-refractivity contribution in [3.8, 4) is 5.75 Å². The van der Waals surface area contributed by atoms with E-state index in [1.807, 2.05) is 19.1 Å². The molecule has 2 aromatic rings. The Bertz CT molecular complexity index is 570. The van der Waals surface area contributed by atoms with Gasteiger partial charge in [-0.15, -0.1) is 11.3 Å². The molecule has 4 nitrogen and oxygen atoms in total. The van der Waals surface area contributed by atoms with Gasteiger partial charge in [0.15, 0.2) is 0 Å². The molecule has 1 aromatic carbocycles. The van der Waals surface area contributed by atoms with Gasteiger partial charge < -0.3 is 15.2 Å². The van der Waals surface area contributed by atoms with Crippen LogP contribution in [0.5, 0.6) is 5.75 Å². The van der Waals surface area contributed by atoms with Crippen molar-refractivity contribution >= 4 is 21.6 Å². The fourth-order valence-corrected chi connectivity index (χ4v) is 3.45. The Morgan fingerprint density at radius 1 is 1.47 bits per heavy atom. The van der Waals surface area contributed by atoms with Gasteiger partial charge in [0.25, 0.3) is 0 Å². The van der Waals surface area contributed by atoms with E-state index in [-0.39, 0.29) is 12.2 Å². The summed E-state index contributed by atoms with van der Waals surface area (Å²) in [5.41, 5.74) is 6.66. The Labute approximate surface area is 116 Å². The van der Waals surface area contributed by atoms with E-state index in [4.69, 9.17) is 15.2 Å². The molecule has 0 amide bonds. The van der Waals surface area contributed by atoms with E-state index in [0.29, 0.717) is 13.2 Å². The minimum atomic E-state index is 0.112. The molecule has 19 heavy (non-hydrogen) atoms. The van der Waals surface area contributed by atoms with Gasteiger partial charge in [0, 0.05) is 6.54 Å². The van der Waals surface area contributed by atoms with E-state index in [2.05, 4.69) is 11.1 Å². The average Bonchev–Trinajstić information content (AvgIpc) is 3.04. The monoisotopic (exact) mass is 278 g/mol. The summed E-state index contributed by atoms with van der Waals surface area (Å²) in [5, 5.41) is 1.06. The molecule has 0 radical (unpaired) electrons. The second-order valence-electron chi connectivity index (χ2n) is 4.67. The zero-order valence-electron chi connectivity index (χ0n) is 11.0. The van der Waals surface area contributed by atoms with E-state index in [1.165, 1.54) is 0 Å². The number of aromatic nitrogens is 1. The standard InChI is InChI=1S/C14H18N2O2S/c1-2-17-9-3-5-11-13(7-9)19-14(16-11)12-6-4-10(8-15)18-12/h3,5,7,10,12H,2,4,6,8,15H2,1H3. The lowest BCUT2D eigenvalue weighted by Gasteiger charge is -2.08. The van der Waals surface area contributed by atoms with Crippen molar-refractivity contribution in [2.24, 2.45) is 5.73 Å². The van der Waals surface area contributed by atoms with Gasteiger partial charge in [-0.2, -0.15) is 0 Å². The molecule has 0 spiro atoms. The third kappa shape index (κ3) is 2.59. The fourth-order valence-electron chi connectivity index (χ4n) is 2.38. The van der Waals surface area contributed by atoms with E-state index in [1.54, 1.807) is 11.3 Å². The summed E-state index contributed by atoms with van der Waals surface area (Å²) < 4.78 is 12.6. The Morgan fingerprint density at radius 2 is 2.37 bits per heavy atom. The molecule has 1 aliphatic rings. The molecule has 102 valence electrons. The van der Waals surface area contributed by atoms with Crippen molar-refractivity contribution < 1.29 is 9.47 Å². The molecule has 5 heteroatoms. The minimum Gasteiger partial charge on any atom is -0.494 e. The number of hydrogen-bond acceptors (Lipinski definition) is 5. The number of ether oxygens (including phenoxy) is 2. The first kappa shape index (κ1) is 12.8. The lowest BCUT2D eigenvalue weighted by Crippen LogP contribution is -2.18. The number of rotatable bonds is 4. The Kier molecular flexibility index (Phi) is 3.68. The van der Waals surface area contributed by atoms with Gasteiger partial charge in [-0.25, -0.2) is 4.98 Å². The molecule has 3 rings (SSSR count). The molecule has 0 bridgehead atoms. The molecule has 1 saturated heterocycles. The number of nitrogens with two attached hydrogens (primary N) is 1. The smallest absolute Gasteiger partial charge is 0.123 e. The van der Waals surface area contributed by atoms with Crippen molar-refractivity contribution in [1.82, 2.24) is 4.98 Å². The van der Waals surface area contributed by atoms with Gasteiger partial charge in [-0.3, -0.25) is 0 Å². The molecule has 1 aliphatic heterocycles. The highest BCUT2D eigenvalue weighted by Crippen LogP contribution is 2.37. The van der Waals surface area contributed by atoms with E-state index in [0.717, 1.165) is 33.8 Å². The molecule has 2 unspecified atom stereocenters. The third-order valence-electron chi connectivity index (χ3n) is 3.33. The van der Waals surface area contributed by atoms with Crippen LogP contribution in [-0.2, 0) is 4.74 Å². The van der Waals surface area contributed by atoms with Crippen LogP contribution in [0.2, 0.25) is 0 Å². The highest BCUT2D eigenvalue weighted by molar-refractivity contribution is 7.18. The van der Waals surface area contributed by atoms with Crippen LogP contribution in [0, 0.1) is 0 Å².